The molecule has 0 spiro atoms. The number of nitriles is 1. The molecule has 0 saturated heterocycles. The molecule has 1 aromatic rings. The molecule has 0 atom stereocenters. The molecule has 1 fully saturated rings. The van der Waals surface area contributed by atoms with Crippen LogP contribution in [-0.4, -0.2) is 23.4 Å². The smallest absolute Gasteiger partial charge is 0.254 e. The van der Waals surface area contributed by atoms with Gasteiger partial charge in [0, 0.05) is 11.6 Å². The van der Waals surface area contributed by atoms with Crippen LogP contribution in [-0.2, 0) is 0 Å². The molecule has 19 heavy (non-hydrogen) atoms. The molecule has 3 heteroatoms. The molecule has 0 bridgehead atoms. The lowest BCUT2D eigenvalue weighted by Crippen LogP contribution is -2.41. The Hall–Kier alpha value is -1.82. The molecule has 3 nitrogen and oxygen atoms in total. The van der Waals surface area contributed by atoms with E-state index >= 15 is 0 Å². The molecule has 0 aliphatic heterocycles. The van der Waals surface area contributed by atoms with Gasteiger partial charge in [0.1, 0.15) is 6.54 Å². The van der Waals surface area contributed by atoms with Gasteiger partial charge in [-0.15, -0.1) is 0 Å². The summed E-state index contributed by atoms with van der Waals surface area (Å²) in [6.45, 7) is 2.19. The van der Waals surface area contributed by atoms with E-state index in [0.29, 0.717) is 5.56 Å². The number of amides is 1. The second-order valence-electron chi connectivity index (χ2n) is 5.25. The standard InChI is InChI=1S/C16H20N2O/c1-13-7-9-14(10-8-13)16(19)18(12-11-17)15-5-3-2-4-6-15/h7-10,15H,2-6,12H2,1H3. The highest BCUT2D eigenvalue weighted by Gasteiger charge is 2.25. The topological polar surface area (TPSA) is 44.1 Å². The van der Waals surface area contributed by atoms with Gasteiger partial charge in [-0.3, -0.25) is 4.79 Å². The lowest BCUT2D eigenvalue weighted by atomic mass is 9.93. The fourth-order valence-corrected chi connectivity index (χ4v) is 2.70. The average Bonchev–Trinajstić information content (AvgIpc) is 2.46. The Labute approximate surface area is 114 Å². The monoisotopic (exact) mass is 256 g/mol. The fourth-order valence-electron chi connectivity index (χ4n) is 2.70. The van der Waals surface area contributed by atoms with E-state index in [1.54, 1.807) is 4.90 Å². The van der Waals surface area contributed by atoms with Crippen LogP contribution >= 0.6 is 0 Å². The van der Waals surface area contributed by atoms with E-state index < -0.39 is 0 Å². The molecule has 1 aromatic carbocycles. The Kier molecular flexibility index (Phi) is 4.57. The molecule has 1 aliphatic carbocycles. The zero-order chi connectivity index (χ0) is 13.7. The van der Waals surface area contributed by atoms with Gasteiger partial charge in [0.15, 0.2) is 0 Å². The van der Waals surface area contributed by atoms with Crippen molar-refractivity contribution in [3.8, 4) is 6.07 Å². The molecule has 100 valence electrons. The summed E-state index contributed by atoms with van der Waals surface area (Å²) in [7, 11) is 0. The normalized spacial score (nSPS) is 15.8. The summed E-state index contributed by atoms with van der Waals surface area (Å²) in [5.74, 6) is -0.00606. The molecule has 1 saturated carbocycles. The van der Waals surface area contributed by atoms with Gasteiger partial charge in [-0.25, -0.2) is 0 Å². The van der Waals surface area contributed by atoms with Crippen molar-refractivity contribution in [2.75, 3.05) is 6.54 Å². The molecule has 1 aliphatic rings. The summed E-state index contributed by atoms with van der Waals surface area (Å²) in [5, 5.41) is 8.96. The first-order valence-corrected chi connectivity index (χ1v) is 6.97. The number of hydrogen-bond donors (Lipinski definition) is 0. The summed E-state index contributed by atoms with van der Waals surface area (Å²) in [6.07, 6.45) is 5.62. The van der Waals surface area contributed by atoms with E-state index in [-0.39, 0.29) is 18.5 Å². The van der Waals surface area contributed by atoms with Gasteiger partial charge < -0.3 is 4.90 Å². The predicted octanol–water partition coefficient (Wildman–Crippen LogP) is 3.29. The van der Waals surface area contributed by atoms with E-state index in [1.807, 2.05) is 31.2 Å². The van der Waals surface area contributed by atoms with Crippen LogP contribution in [0.5, 0.6) is 0 Å². The number of nitrogens with zero attached hydrogens (tertiary/aromatic N) is 2. The van der Waals surface area contributed by atoms with E-state index in [1.165, 1.54) is 6.42 Å². The summed E-state index contributed by atoms with van der Waals surface area (Å²) in [4.78, 5) is 14.3. The van der Waals surface area contributed by atoms with Crippen LogP contribution in [0.3, 0.4) is 0 Å². The van der Waals surface area contributed by atoms with Gasteiger partial charge in [-0.05, 0) is 31.9 Å². The number of hydrogen-bond acceptors (Lipinski definition) is 2. The van der Waals surface area contributed by atoms with Crippen LogP contribution in [0.2, 0.25) is 0 Å². The van der Waals surface area contributed by atoms with Crippen LogP contribution in [0.4, 0.5) is 0 Å². The quantitative estimate of drug-likeness (QED) is 0.779. The van der Waals surface area contributed by atoms with Crippen molar-refractivity contribution in [2.24, 2.45) is 0 Å². The van der Waals surface area contributed by atoms with Crippen LogP contribution in [0.25, 0.3) is 0 Å². The van der Waals surface area contributed by atoms with Crippen molar-refractivity contribution in [2.45, 2.75) is 45.1 Å². The fraction of sp³-hybridized carbons (Fsp3) is 0.500. The summed E-state index contributed by atoms with van der Waals surface area (Å²) in [6, 6.07) is 9.96. The second kappa shape index (κ2) is 6.38. The van der Waals surface area contributed by atoms with Crippen LogP contribution in [0, 0.1) is 18.3 Å². The van der Waals surface area contributed by atoms with Crippen LogP contribution < -0.4 is 0 Å². The zero-order valence-electron chi connectivity index (χ0n) is 11.4. The lowest BCUT2D eigenvalue weighted by Gasteiger charge is -2.32. The van der Waals surface area contributed by atoms with Crippen molar-refractivity contribution < 1.29 is 4.79 Å². The zero-order valence-corrected chi connectivity index (χ0v) is 11.4. The van der Waals surface area contributed by atoms with Crippen molar-refractivity contribution in [3.05, 3.63) is 35.4 Å². The molecular weight excluding hydrogens is 236 g/mol. The van der Waals surface area contributed by atoms with Gasteiger partial charge in [-0.1, -0.05) is 37.0 Å². The number of rotatable bonds is 3. The maximum absolute atomic E-state index is 12.5. The average molecular weight is 256 g/mol. The molecule has 0 N–H and O–H groups in total. The van der Waals surface area contributed by atoms with Gasteiger partial charge in [-0.2, -0.15) is 5.26 Å². The van der Waals surface area contributed by atoms with Crippen LogP contribution in [0.15, 0.2) is 24.3 Å². The van der Waals surface area contributed by atoms with Crippen molar-refractivity contribution in [1.29, 1.82) is 5.26 Å². The number of carbonyl (C=O) groups is 1. The van der Waals surface area contributed by atoms with Gasteiger partial charge in [0.05, 0.1) is 6.07 Å². The molecule has 0 heterocycles. The molecule has 2 rings (SSSR count). The maximum atomic E-state index is 12.5. The third-order valence-electron chi connectivity index (χ3n) is 3.82. The van der Waals surface area contributed by atoms with Crippen molar-refractivity contribution in [1.82, 2.24) is 4.90 Å². The minimum Gasteiger partial charge on any atom is -0.322 e. The third-order valence-corrected chi connectivity index (χ3v) is 3.82. The highest BCUT2D eigenvalue weighted by Crippen LogP contribution is 2.23. The van der Waals surface area contributed by atoms with Crippen LogP contribution in [0.1, 0.15) is 48.0 Å². The minimum atomic E-state index is -0.00606. The Morgan fingerprint density at radius 3 is 2.47 bits per heavy atom. The first-order valence-electron chi connectivity index (χ1n) is 6.97. The Balaban J connectivity index is 2.16. The third kappa shape index (κ3) is 3.35. The largest absolute Gasteiger partial charge is 0.322 e. The van der Waals surface area contributed by atoms with Crippen molar-refractivity contribution in [3.63, 3.8) is 0 Å². The molecule has 1 amide bonds. The van der Waals surface area contributed by atoms with Gasteiger partial charge in [0.2, 0.25) is 0 Å². The highest BCUT2D eigenvalue weighted by atomic mass is 16.2. The molecule has 0 aromatic heterocycles. The van der Waals surface area contributed by atoms with E-state index in [9.17, 15) is 4.79 Å². The number of carbonyl (C=O) groups excluding carboxylic acids is 1. The second-order valence-corrected chi connectivity index (χ2v) is 5.25. The SMILES string of the molecule is Cc1ccc(C(=O)N(CC#N)C2CCCCC2)cc1. The highest BCUT2D eigenvalue weighted by molar-refractivity contribution is 5.94. The molecular formula is C16H20N2O. The van der Waals surface area contributed by atoms with Gasteiger partial charge >= 0.3 is 0 Å². The van der Waals surface area contributed by atoms with E-state index in [4.69, 9.17) is 5.26 Å². The Morgan fingerprint density at radius 1 is 1.26 bits per heavy atom. The van der Waals surface area contributed by atoms with Crippen molar-refractivity contribution >= 4 is 5.91 Å². The Morgan fingerprint density at radius 2 is 1.89 bits per heavy atom. The first kappa shape index (κ1) is 13.6. The predicted molar refractivity (Wildman–Crippen MR) is 74.7 cm³/mol. The van der Waals surface area contributed by atoms with E-state index in [0.717, 1.165) is 31.2 Å². The number of aryl methyl sites for hydroxylation is 1. The van der Waals surface area contributed by atoms with Gasteiger partial charge in [0.25, 0.3) is 5.91 Å². The van der Waals surface area contributed by atoms with E-state index in [2.05, 4.69) is 6.07 Å². The first-order chi connectivity index (χ1) is 9.22. The Bertz CT molecular complexity index is 467. The minimum absolute atomic E-state index is 0.00606. The summed E-state index contributed by atoms with van der Waals surface area (Å²) < 4.78 is 0. The molecule has 0 unspecified atom stereocenters. The number of benzene rings is 1. The summed E-state index contributed by atoms with van der Waals surface area (Å²) in [5.41, 5.74) is 1.83. The molecule has 0 radical (unpaired) electrons. The maximum Gasteiger partial charge on any atom is 0.254 e. The lowest BCUT2D eigenvalue weighted by molar-refractivity contribution is 0.0666. The summed E-state index contributed by atoms with van der Waals surface area (Å²) >= 11 is 0.